The first-order valence-electron chi connectivity index (χ1n) is 11.9. The third-order valence-electron chi connectivity index (χ3n) is 6.39. The van der Waals surface area contributed by atoms with Crippen LogP contribution >= 0.6 is 0 Å². The summed E-state index contributed by atoms with van der Waals surface area (Å²) in [4.78, 5) is 15.2. The van der Waals surface area contributed by atoms with E-state index in [0.29, 0.717) is 11.3 Å². The van der Waals surface area contributed by atoms with E-state index in [2.05, 4.69) is 78.0 Å². The number of hydrogen-bond donors (Lipinski definition) is 1. The van der Waals surface area contributed by atoms with Gasteiger partial charge < -0.3 is 14.2 Å². The number of anilines is 1. The van der Waals surface area contributed by atoms with E-state index >= 15 is 0 Å². The molecule has 180 valence electrons. The van der Waals surface area contributed by atoms with Gasteiger partial charge >= 0.3 is 0 Å². The maximum absolute atomic E-state index is 12.9. The van der Waals surface area contributed by atoms with E-state index in [1.807, 2.05) is 36.4 Å². The first-order valence-corrected chi connectivity index (χ1v) is 11.9. The highest BCUT2D eigenvalue weighted by molar-refractivity contribution is 6.02. The maximum Gasteiger partial charge on any atom is 0.275 e. The van der Waals surface area contributed by atoms with Gasteiger partial charge in [-0.05, 0) is 80.9 Å². The molecule has 35 heavy (non-hydrogen) atoms. The molecule has 0 aliphatic heterocycles. The number of benzene rings is 3. The summed E-state index contributed by atoms with van der Waals surface area (Å²) >= 11 is 0. The summed E-state index contributed by atoms with van der Waals surface area (Å²) in [5.41, 5.74) is 8.51. The van der Waals surface area contributed by atoms with Crippen LogP contribution in [0.25, 0.3) is 16.5 Å². The van der Waals surface area contributed by atoms with Crippen LogP contribution in [0.15, 0.2) is 71.8 Å². The molecule has 0 unspecified atom stereocenters. The lowest BCUT2D eigenvalue weighted by Gasteiger charge is -2.21. The van der Waals surface area contributed by atoms with Gasteiger partial charge in [-0.15, -0.1) is 0 Å². The fourth-order valence-electron chi connectivity index (χ4n) is 4.50. The minimum atomic E-state index is -0.315. The molecule has 6 heteroatoms. The van der Waals surface area contributed by atoms with Crippen molar-refractivity contribution < 1.29 is 9.53 Å². The molecular weight excluding hydrogens is 436 g/mol. The second-order valence-electron chi connectivity index (χ2n) is 8.45. The summed E-state index contributed by atoms with van der Waals surface area (Å²) in [6.07, 6.45) is 1.69. The van der Waals surface area contributed by atoms with Gasteiger partial charge in [0.15, 0.2) is 0 Å². The van der Waals surface area contributed by atoms with Crippen LogP contribution in [0.3, 0.4) is 0 Å². The molecule has 6 nitrogen and oxygen atoms in total. The predicted molar refractivity (Wildman–Crippen MR) is 144 cm³/mol. The summed E-state index contributed by atoms with van der Waals surface area (Å²) in [6, 6.07) is 22.2. The van der Waals surface area contributed by atoms with Gasteiger partial charge in [0.25, 0.3) is 5.91 Å². The molecular formula is C29H32N4O2. The van der Waals surface area contributed by atoms with Crippen molar-refractivity contribution in [2.24, 2.45) is 5.10 Å². The highest BCUT2D eigenvalue weighted by Crippen LogP contribution is 2.26. The first-order chi connectivity index (χ1) is 17.0. The van der Waals surface area contributed by atoms with E-state index in [1.165, 1.54) is 5.69 Å². The summed E-state index contributed by atoms with van der Waals surface area (Å²) in [5, 5.41) is 6.23. The van der Waals surface area contributed by atoms with Crippen LogP contribution in [0.5, 0.6) is 5.75 Å². The monoisotopic (exact) mass is 468 g/mol. The molecule has 0 saturated heterocycles. The van der Waals surface area contributed by atoms with Gasteiger partial charge in [0.2, 0.25) is 0 Å². The van der Waals surface area contributed by atoms with Gasteiger partial charge in [-0.2, -0.15) is 5.10 Å². The highest BCUT2D eigenvalue weighted by Gasteiger charge is 2.14. The minimum Gasteiger partial charge on any atom is -0.496 e. The second-order valence-corrected chi connectivity index (χ2v) is 8.45. The van der Waals surface area contributed by atoms with E-state index in [4.69, 9.17) is 4.74 Å². The standard InChI is InChI=1S/C29H32N4O2/c1-6-32(7-2)25-12-14-26(15-13-25)33-20(3)16-24(21(33)4)19-30-31-29(34)27-17-22-10-8-9-11-23(22)18-28(27)35-5/h8-19H,6-7H2,1-5H3,(H,31,34). The van der Waals surface area contributed by atoms with E-state index in [-0.39, 0.29) is 5.91 Å². The first kappa shape index (κ1) is 24.1. The minimum absolute atomic E-state index is 0.315. The topological polar surface area (TPSA) is 58.9 Å². The fraction of sp³-hybridized carbons (Fsp3) is 0.241. The van der Waals surface area contributed by atoms with Gasteiger partial charge in [0, 0.05) is 41.4 Å². The second kappa shape index (κ2) is 10.5. The van der Waals surface area contributed by atoms with E-state index < -0.39 is 0 Å². The Morgan fingerprint density at radius 1 is 1.00 bits per heavy atom. The lowest BCUT2D eigenvalue weighted by molar-refractivity contribution is 0.0952. The molecule has 0 radical (unpaired) electrons. The average Bonchev–Trinajstić information content (AvgIpc) is 3.16. The van der Waals surface area contributed by atoms with E-state index in [9.17, 15) is 4.79 Å². The molecule has 1 N–H and O–H groups in total. The number of hydrogen-bond acceptors (Lipinski definition) is 4. The van der Waals surface area contributed by atoms with Gasteiger partial charge in [-0.3, -0.25) is 4.79 Å². The number of nitrogens with one attached hydrogen (secondary N) is 1. The Hall–Kier alpha value is -4.06. The predicted octanol–water partition coefficient (Wildman–Crippen LogP) is 5.87. The molecule has 4 aromatic rings. The highest BCUT2D eigenvalue weighted by atomic mass is 16.5. The van der Waals surface area contributed by atoms with Gasteiger partial charge in [0.05, 0.1) is 18.9 Å². The molecule has 0 atom stereocenters. The number of carbonyl (C=O) groups is 1. The number of hydrazone groups is 1. The molecule has 4 rings (SSSR count). The third kappa shape index (κ3) is 4.92. The molecule has 1 amide bonds. The van der Waals surface area contributed by atoms with Crippen molar-refractivity contribution >= 4 is 28.6 Å². The van der Waals surface area contributed by atoms with Crippen molar-refractivity contribution in [3.8, 4) is 11.4 Å². The van der Waals surface area contributed by atoms with Crippen molar-refractivity contribution in [1.82, 2.24) is 9.99 Å². The summed E-state index contributed by atoms with van der Waals surface area (Å²) in [5.74, 6) is 0.201. The van der Waals surface area contributed by atoms with Crippen LogP contribution < -0.4 is 15.1 Å². The lowest BCUT2D eigenvalue weighted by atomic mass is 10.1. The van der Waals surface area contributed by atoms with Crippen molar-refractivity contribution in [2.75, 3.05) is 25.1 Å². The van der Waals surface area contributed by atoms with Crippen LogP contribution in [-0.4, -0.2) is 36.9 Å². The zero-order chi connectivity index (χ0) is 24.9. The van der Waals surface area contributed by atoms with Crippen LogP contribution in [-0.2, 0) is 0 Å². The Bertz CT molecular complexity index is 1370. The normalized spacial score (nSPS) is 11.2. The number of aryl methyl sites for hydroxylation is 1. The number of amides is 1. The number of ether oxygens (including phenoxy) is 1. The summed E-state index contributed by atoms with van der Waals surface area (Å²) in [6.45, 7) is 10.4. The van der Waals surface area contributed by atoms with Crippen molar-refractivity contribution in [1.29, 1.82) is 0 Å². The Kier molecular flexibility index (Phi) is 7.20. The Balaban J connectivity index is 1.53. The Morgan fingerprint density at radius 2 is 1.66 bits per heavy atom. The molecule has 0 aliphatic carbocycles. The Morgan fingerprint density at radius 3 is 2.29 bits per heavy atom. The van der Waals surface area contributed by atoms with Crippen LogP contribution in [0.2, 0.25) is 0 Å². The van der Waals surface area contributed by atoms with Gasteiger partial charge in [-0.1, -0.05) is 24.3 Å². The molecule has 0 fully saturated rings. The SMILES string of the molecule is CCN(CC)c1ccc(-n2c(C)cc(C=NNC(=O)c3cc4ccccc4cc3OC)c2C)cc1. The maximum atomic E-state index is 12.9. The zero-order valence-corrected chi connectivity index (χ0v) is 21.0. The van der Waals surface area contributed by atoms with Crippen LogP contribution in [0, 0.1) is 13.8 Å². The van der Waals surface area contributed by atoms with Crippen LogP contribution in [0.4, 0.5) is 5.69 Å². The molecule has 3 aromatic carbocycles. The average molecular weight is 469 g/mol. The van der Waals surface area contributed by atoms with Crippen molar-refractivity contribution in [3.63, 3.8) is 0 Å². The smallest absolute Gasteiger partial charge is 0.275 e. The zero-order valence-electron chi connectivity index (χ0n) is 21.0. The Labute approximate surface area is 206 Å². The number of rotatable bonds is 8. The van der Waals surface area contributed by atoms with Gasteiger partial charge in [-0.25, -0.2) is 5.43 Å². The molecule has 0 spiro atoms. The van der Waals surface area contributed by atoms with E-state index in [1.54, 1.807) is 13.3 Å². The number of aromatic nitrogens is 1. The molecule has 0 saturated carbocycles. The largest absolute Gasteiger partial charge is 0.496 e. The van der Waals surface area contributed by atoms with Gasteiger partial charge in [0.1, 0.15) is 5.75 Å². The number of methoxy groups -OCH3 is 1. The number of nitrogens with zero attached hydrogens (tertiary/aromatic N) is 3. The fourth-order valence-corrected chi connectivity index (χ4v) is 4.50. The third-order valence-corrected chi connectivity index (χ3v) is 6.39. The van der Waals surface area contributed by atoms with E-state index in [0.717, 1.165) is 46.5 Å². The van der Waals surface area contributed by atoms with Crippen molar-refractivity contribution in [2.45, 2.75) is 27.7 Å². The quantitative estimate of drug-likeness (QED) is 0.260. The molecule has 0 bridgehead atoms. The molecule has 1 aromatic heterocycles. The van der Waals surface area contributed by atoms with Crippen molar-refractivity contribution in [3.05, 3.63) is 89.2 Å². The molecule has 0 aliphatic rings. The molecule has 1 heterocycles. The summed E-state index contributed by atoms with van der Waals surface area (Å²) in [7, 11) is 1.56. The number of carbonyl (C=O) groups excluding carboxylic acids is 1. The summed E-state index contributed by atoms with van der Waals surface area (Å²) < 4.78 is 7.64. The lowest BCUT2D eigenvalue weighted by Crippen LogP contribution is -2.21. The number of fused-ring (bicyclic) bond motifs is 1. The van der Waals surface area contributed by atoms with Crippen LogP contribution in [0.1, 0.15) is 41.2 Å².